The molecule has 0 amide bonds. The average Bonchev–Trinajstić information content (AvgIpc) is 3.17. The van der Waals surface area contributed by atoms with Crippen LogP contribution in [0, 0.1) is 0 Å². The van der Waals surface area contributed by atoms with Gasteiger partial charge in [0, 0.05) is 23.5 Å². The molecule has 2 aromatic rings. The van der Waals surface area contributed by atoms with Gasteiger partial charge in [-0.15, -0.1) is 11.3 Å². The van der Waals surface area contributed by atoms with E-state index in [-0.39, 0.29) is 17.6 Å². The Morgan fingerprint density at radius 2 is 2.18 bits per heavy atom. The van der Waals surface area contributed by atoms with Crippen LogP contribution in [-0.2, 0) is 4.74 Å². The van der Waals surface area contributed by atoms with Crippen LogP contribution < -0.4 is 0 Å². The molecule has 4 rings (SSSR count). The summed E-state index contributed by atoms with van der Waals surface area (Å²) in [5, 5.41) is 22.0. The summed E-state index contributed by atoms with van der Waals surface area (Å²) >= 11 is 1.59. The number of thiazole rings is 1. The molecule has 2 N–H and O–H groups in total. The molecule has 0 saturated carbocycles. The molecule has 116 valence electrons. The Hall–Kier alpha value is -1.63. The quantitative estimate of drug-likeness (QED) is 0.834. The summed E-state index contributed by atoms with van der Waals surface area (Å²) < 4.78 is 5.99. The van der Waals surface area contributed by atoms with Gasteiger partial charge in [0.2, 0.25) is 0 Å². The highest BCUT2D eigenvalue weighted by Gasteiger charge is 2.34. The highest BCUT2D eigenvalue weighted by atomic mass is 32.1. The van der Waals surface area contributed by atoms with Crippen molar-refractivity contribution in [2.75, 3.05) is 19.7 Å². The average molecular weight is 318 g/mol. The van der Waals surface area contributed by atoms with Gasteiger partial charge in [0.25, 0.3) is 0 Å². The molecule has 3 heterocycles. The van der Waals surface area contributed by atoms with Gasteiger partial charge < -0.3 is 14.9 Å². The molecule has 0 aliphatic carbocycles. The maximum absolute atomic E-state index is 9.61. The molecule has 0 radical (unpaired) electrons. The number of fused-ring (bicyclic) bond motifs is 1. The van der Waals surface area contributed by atoms with Gasteiger partial charge in [0.1, 0.15) is 11.1 Å². The third-order valence-electron chi connectivity index (χ3n) is 4.46. The second kappa shape index (κ2) is 5.53. The number of nitrogens with zero attached hydrogens (tertiary/aromatic N) is 2. The zero-order chi connectivity index (χ0) is 15.1. The topological polar surface area (TPSA) is 65.8 Å². The van der Waals surface area contributed by atoms with Crippen LogP contribution in [-0.4, -0.2) is 45.8 Å². The van der Waals surface area contributed by atoms with E-state index in [0.29, 0.717) is 6.04 Å². The lowest BCUT2D eigenvalue weighted by molar-refractivity contribution is -0.0502. The first kappa shape index (κ1) is 14.0. The molecular weight excluding hydrogens is 300 g/mol. The van der Waals surface area contributed by atoms with Crippen LogP contribution in [0.3, 0.4) is 0 Å². The van der Waals surface area contributed by atoms with E-state index in [1.807, 2.05) is 5.38 Å². The standard InChI is InChI=1S/C16H18N2O3S/c19-13-4-3-10(6-14(13)20)12-9-22-16(17-12)15-7-18-5-1-2-11(18)8-21-15/h3-4,6,9,11,15,19-20H,1-2,5,7-8H2/t11-,15-/m0/s1. The Kier molecular flexibility index (Phi) is 3.52. The summed E-state index contributed by atoms with van der Waals surface area (Å²) in [6.07, 6.45) is 2.54. The van der Waals surface area contributed by atoms with Gasteiger partial charge in [-0.2, -0.15) is 0 Å². The van der Waals surface area contributed by atoms with E-state index in [1.54, 1.807) is 17.4 Å². The number of benzene rings is 1. The molecule has 5 nitrogen and oxygen atoms in total. The van der Waals surface area contributed by atoms with Crippen LogP contribution in [0.4, 0.5) is 0 Å². The summed E-state index contributed by atoms with van der Waals surface area (Å²) in [6, 6.07) is 5.36. The maximum Gasteiger partial charge on any atom is 0.158 e. The number of ether oxygens (including phenoxy) is 1. The first-order valence-electron chi connectivity index (χ1n) is 7.54. The van der Waals surface area contributed by atoms with E-state index in [2.05, 4.69) is 9.88 Å². The van der Waals surface area contributed by atoms with Crippen molar-refractivity contribution in [3.05, 3.63) is 28.6 Å². The Bertz CT molecular complexity index is 688. The van der Waals surface area contributed by atoms with Gasteiger partial charge in [-0.3, -0.25) is 4.90 Å². The lowest BCUT2D eigenvalue weighted by Crippen LogP contribution is -2.42. The number of rotatable bonds is 2. The minimum Gasteiger partial charge on any atom is -0.504 e. The van der Waals surface area contributed by atoms with Crippen molar-refractivity contribution >= 4 is 11.3 Å². The van der Waals surface area contributed by atoms with E-state index < -0.39 is 0 Å². The summed E-state index contributed by atoms with van der Waals surface area (Å²) in [5.41, 5.74) is 1.61. The van der Waals surface area contributed by atoms with Crippen LogP contribution in [0.1, 0.15) is 24.0 Å². The van der Waals surface area contributed by atoms with Crippen molar-refractivity contribution < 1.29 is 14.9 Å². The van der Waals surface area contributed by atoms with Gasteiger partial charge in [0.05, 0.1) is 12.3 Å². The predicted molar refractivity (Wildman–Crippen MR) is 84.2 cm³/mol. The van der Waals surface area contributed by atoms with Gasteiger partial charge in [-0.25, -0.2) is 4.98 Å². The molecular formula is C16H18N2O3S. The largest absolute Gasteiger partial charge is 0.504 e. The van der Waals surface area contributed by atoms with E-state index in [4.69, 9.17) is 4.74 Å². The van der Waals surface area contributed by atoms with Crippen LogP contribution in [0.25, 0.3) is 11.3 Å². The summed E-state index contributed by atoms with van der Waals surface area (Å²) in [5.74, 6) is -0.240. The number of aromatic hydroxyl groups is 2. The first-order valence-corrected chi connectivity index (χ1v) is 8.42. The minimum atomic E-state index is -0.124. The highest BCUT2D eigenvalue weighted by Crippen LogP contribution is 2.35. The molecule has 2 aliphatic rings. The molecule has 2 aliphatic heterocycles. The van der Waals surface area contributed by atoms with Crippen molar-refractivity contribution in [3.63, 3.8) is 0 Å². The number of morpholine rings is 1. The van der Waals surface area contributed by atoms with Crippen LogP contribution in [0.15, 0.2) is 23.6 Å². The van der Waals surface area contributed by atoms with E-state index in [9.17, 15) is 10.2 Å². The van der Waals surface area contributed by atoms with Crippen molar-refractivity contribution in [2.24, 2.45) is 0 Å². The van der Waals surface area contributed by atoms with Crippen LogP contribution in [0.2, 0.25) is 0 Å². The predicted octanol–water partition coefficient (Wildman–Crippen LogP) is 2.76. The van der Waals surface area contributed by atoms with Gasteiger partial charge in [-0.1, -0.05) is 0 Å². The van der Waals surface area contributed by atoms with Gasteiger partial charge >= 0.3 is 0 Å². The number of phenols is 2. The van der Waals surface area contributed by atoms with Crippen molar-refractivity contribution in [1.29, 1.82) is 0 Å². The van der Waals surface area contributed by atoms with Crippen molar-refractivity contribution in [1.82, 2.24) is 9.88 Å². The monoisotopic (exact) mass is 318 g/mol. The summed E-state index contributed by atoms with van der Waals surface area (Å²) in [7, 11) is 0. The molecule has 2 atom stereocenters. The molecule has 6 heteroatoms. The fraction of sp³-hybridized carbons (Fsp3) is 0.438. The molecule has 2 fully saturated rings. The summed E-state index contributed by atoms with van der Waals surface area (Å²) in [6.45, 7) is 2.87. The molecule has 2 saturated heterocycles. The van der Waals surface area contributed by atoms with E-state index in [0.717, 1.165) is 36.0 Å². The Labute approximate surface area is 132 Å². The molecule has 1 aromatic heterocycles. The third-order valence-corrected chi connectivity index (χ3v) is 5.39. The van der Waals surface area contributed by atoms with E-state index >= 15 is 0 Å². The minimum absolute atomic E-state index is 0.0406. The highest BCUT2D eigenvalue weighted by molar-refractivity contribution is 7.10. The van der Waals surface area contributed by atoms with E-state index in [1.165, 1.54) is 25.0 Å². The smallest absolute Gasteiger partial charge is 0.158 e. The lowest BCUT2D eigenvalue weighted by atomic mass is 10.1. The zero-order valence-corrected chi connectivity index (χ0v) is 12.9. The Morgan fingerprint density at radius 1 is 1.27 bits per heavy atom. The number of aromatic nitrogens is 1. The normalized spacial score (nSPS) is 25.3. The van der Waals surface area contributed by atoms with Crippen molar-refractivity contribution in [3.8, 4) is 22.8 Å². The Morgan fingerprint density at radius 3 is 3.05 bits per heavy atom. The number of phenolic OH excluding ortho intramolecular Hbond substituents is 2. The molecule has 0 unspecified atom stereocenters. The van der Waals surface area contributed by atoms with Crippen LogP contribution in [0.5, 0.6) is 11.5 Å². The van der Waals surface area contributed by atoms with Crippen molar-refractivity contribution in [2.45, 2.75) is 25.0 Å². The number of hydrogen-bond acceptors (Lipinski definition) is 6. The maximum atomic E-state index is 9.61. The fourth-order valence-corrected chi connectivity index (χ4v) is 4.08. The third kappa shape index (κ3) is 2.47. The second-order valence-electron chi connectivity index (χ2n) is 5.89. The first-order chi connectivity index (χ1) is 10.7. The molecule has 0 spiro atoms. The second-order valence-corrected chi connectivity index (χ2v) is 6.78. The summed E-state index contributed by atoms with van der Waals surface area (Å²) in [4.78, 5) is 7.16. The lowest BCUT2D eigenvalue weighted by Gasteiger charge is -2.34. The molecule has 22 heavy (non-hydrogen) atoms. The zero-order valence-electron chi connectivity index (χ0n) is 12.1. The molecule has 0 bridgehead atoms. The SMILES string of the molecule is Oc1ccc(-c2csc([C@@H]3CN4CCC[C@H]4CO3)n2)cc1O. The number of hydrogen-bond donors (Lipinski definition) is 2. The fourth-order valence-electron chi connectivity index (χ4n) is 3.22. The van der Waals surface area contributed by atoms with Crippen LogP contribution >= 0.6 is 11.3 Å². The van der Waals surface area contributed by atoms with Gasteiger partial charge in [-0.05, 0) is 37.6 Å². The van der Waals surface area contributed by atoms with Gasteiger partial charge in [0.15, 0.2) is 11.5 Å². The molecule has 1 aromatic carbocycles. The Balaban J connectivity index is 1.55.